The fourth-order valence-corrected chi connectivity index (χ4v) is 4.33. The minimum absolute atomic E-state index is 0.534. The number of piperidine rings is 1. The molecule has 0 radical (unpaired) electrons. The second-order valence-corrected chi connectivity index (χ2v) is 7.67. The maximum Gasteiger partial charge on any atom is 0.136 e. The van der Waals surface area contributed by atoms with E-state index in [-0.39, 0.29) is 0 Å². The largest absolute Gasteiger partial charge is 0.304 e. The molecule has 1 aliphatic rings. The van der Waals surface area contributed by atoms with Crippen molar-refractivity contribution in [2.24, 2.45) is 0 Å². The Morgan fingerprint density at radius 1 is 0.931 bits per heavy atom. The minimum atomic E-state index is 0.534. The summed E-state index contributed by atoms with van der Waals surface area (Å²) in [5, 5.41) is 7.63. The molecule has 0 atom stereocenters. The summed E-state index contributed by atoms with van der Waals surface area (Å²) in [6.45, 7) is 3.13. The summed E-state index contributed by atoms with van der Waals surface area (Å²) >= 11 is 0. The summed E-state index contributed by atoms with van der Waals surface area (Å²) in [7, 11) is 0. The van der Waals surface area contributed by atoms with Crippen molar-refractivity contribution in [1.29, 1.82) is 0 Å². The second-order valence-electron chi connectivity index (χ2n) is 7.67. The zero-order valence-electron chi connectivity index (χ0n) is 16.4. The van der Waals surface area contributed by atoms with Crippen LogP contribution in [0.4, 0.5) is 0 Å². The van der Waals surface area contributed by atoms with Crippen LogP contribution >= 0.6 is 0 Å². The minimum Gasteiger partial charge on any atom is -0.304 e. The third kappa shape index (κ3) is 3.74. The van der Waals surface area contributed by atoms with Crippen LogP contribution in [0.15, 0.2) is 79.3 Å². The van der Waals surface area contributed by atoms with Gasteiger partial charge in [-0.2, -0.15) is 5.10 Å². The van der Waals surface area contributed by atoms with Crippen LogP contribution in [0.2, 0.25) is 0 Å². The first kappa shape index (κ1) is 17.9. The number of aromatic nitrogens is 4. The fourth-order valence-electron chi connectivity index (χ4n) is 4.33. The third-order valence-corrected chi connectivity index (χ3v) is 5.86. The first-order valence-electron chi connectivity index (χ1n) is 10.3. The lowest BCUT2D eigenvalue weighted by Crippen LogP contribution is -2.33. The number of rotatable bonds is 5. The van der Waals surface area contributed by atoms with E-state index < -0.39 is 0 Å². The molecule has 0 unspecified atom stereocenters. The summed E-state index contributed by atoms with van der Waals surface area (Å²) in [4.78, 5) is 7.04. The molecule has 5 rings (SSSR count). The van der Waals surface area contributed by atoms with E-state index in [4.69, 9.17) is 0 Å². The lowest BCUT2D eigenvalue weighted by molar-refractivity contribution is 0.200. The van der Waals surface area contributed by atoms with E-state index in [1.54, 1.807) is 0 Å². The van der Waals surface area contributed by atoms with Gasteiger partial charge in [-0.25, -0.2) is 4.98 Å². The summed E-state index contributed by atoms with van der Waals surface area (Å²) in [5.41, 5.74) is 5.06. The van der Waals surface area contributed by atoms with Gasteiger partial charge in [-0.3, -0.25) is 10.00 Å². The number of nitrogens with zero attached hydrogens (tertiary/aromatic N) is 4. The maximum absolute atomic E-state index is 4.49. The molecule has 1 aromatic carbocycles. The second kappa shape index (κ2) is 8.05. The molecule has 3 aromatic heterocycles. The van der Waals surface area contributed by atoms with Crippen LogP contribution in [0, 0.1) is 0 Å². The molecule has 4 heterocycles. The zero-order chi connectivity index (χ0) is 19.5. The van der Waals surface area contributed by atoms with Crippen LogP contribution in [0.25, 0.3) is 16.9 Å². The number of H-pyrrole nitrogens is 1. The average molecular weight is 383 g/mol. The van der Waals surface area contributed by atoms with Gasteiger partial charge in [0.15, 0.2) is 0 Å². The molecule has 1 saturated heterocycles. The lowest BCUT2D eigenvalue weighted by atomic mass is 9.89. The number of hydrogen-bond acceptors (Lipinski definition) is 3. The van der Waals surface area contributed by atoms with Gasteiger partial charge in [-0.15, -0.1) is 0 Å². The van der Waals surface area contributed by atoms with Crippen LogP contribution in [0.5, 0.6) is 0 Å². The summed E-state index contributed by atoms with van der Waals surface area (Å²) in [6, 6.07) is 20.9. The van der Waals surface area contributed by atoms with Crippen molar-refractivity contribution >= 4 is 0 Å². The van der Waals surface area contributed by atoms with Crippen molar-refractivity contribution in [1.82, 2.24) is 24.6 Å². The van der Waals surface area contributed by atoms with Crippen molar-refractivity contribution in [3.63, 3.8) is 0 Å². The highest BCUT2D eigenvalue weighted by Gasteiger charge is 2.25. The highest BCUT2D eigenvalue weighted by molar-refractivity contribution is 5.65. The normalized spacial score (nSPS) is 15.6. The van der Waals surface area contributed by atoms with E-state index in [9.17, 15) is 0 Å². The van der Waals surface area contributed by atoms with E-state index >= 15 is 0 Å². The van der Waals surface area contributed by atoms with Crippen LogP contribution in [-0.4, -0.2) is 37.7 Å². The van der Waals surface area contributed by atoms with Crippen LogP contribution < -0.4 is 0 Å². The lowest BCUT2D eigenvalue weighted by Gasteiger charge is -2.32. The van der Waals surface area contributed by atoms with Crippen molar-refractivity contribution in [2.75, 3.05) is 13.1 Å². The Bertz CT molecular complexity index is 1040. The molecule has 1 aliphatic heterocycles. The predicted octanol–water partition coefficient (Wildman–Crippen LogP) is 4.64. The first-order chi connectivity index (χ1) is 14.4. The van der Waals surface area contributed by atoms with Gasteiger partial charge < -0.3 is 4.57 Å². The van der Waals surface area contributed by atoms with E-state index in [1.807, 2.05) is 24.5 Å². The van der Waals surface area contributed by atoms with Crippen molar-refractivity contribution in [3.8, 4) is 16.9 Å². The smallest absolute Gasteiger partial charge is 0.136 e. The Hall–Kier alpha value is -3.18. The molecule has 5 heteroatoms. The maximum atomic E-state index is 4.49. The van der Waals surface area contributed by atoms with Gasteiger partial charge in [0.1, 0.15) is 5.82 Å². The number of hydrogen-bond donors (Lipinski definition) is 1. The predicted molar refractivity (Wildman–Crippen MR) is 115 cm³/mol. The monoisotopic (exact) mass is 383 g/mol. The molecular formula is C24H25N5. The molecule has 4 aromatic rings. The molecule has 5 nitrogen and oxygen atoms in total. The molecule has 1 fully saturated rings. The Morgan fingerprint density at radius 2 is 1.76 bits per heavy atom. The van der Waals surface area contributed by atoms with Gasteiger partial charge in [-0.1, -0.05) is 36.4 Å². The van der Waals surface area contributed by atoms with Gasteiger partial charge in [0.2, 0.25) is 0 Å². The van der Waals surface area contributed by atoms with Gasteiger partial charge in [0.05, 0.1) is 6.20 Å². The Kier molecular flexibility index (Phi) is 4.97. The average Bonchev–Trinajstić information content (AvgIpc) is 3.45. The summed E-state index contributed by atoms with van der Waals surface area (Å²) < 4.78 is 2.19. The van der Waals surface area contributed by atoms with Crippen LogP contribution in [0.1, 0.15) is 30.1 Å². The molecule has 0 amide bonds. The highest BCUT2D eigenvalue weighted by atomic mass is 15.2. The van der Waals surface area contributed by atoms with Gasteiger partial charge >= 0.3 is 0 Å². The first-order valence-corrected chi connectivity index (χ1v) is 10.3. The van der Waals surface area contributed by atoms with Gasteiger partial charge in [-0.05, 0) is 55.8 Å². The zero-order valence-corrected chi connectivity index (χ0v) is 16.4. The number of pyridine rings is 1. The van der Waals surface area contributed by atoms with E-state index in [1.165, 1.54) is 22.5 Å². The molecule has 0 saturated carbocycles. The van der Waals surface area contributed by atoms with Crippen LogP contribution in [0.3, 0.4) is 0 Å². The standard InChI is InChI=1S/C24H25N5/c1-2-7-19(8-3-1)22-17-26-27-24(22)20-11-15-28(16-12-20)18-21-9-6-14-29(21)23-10-4-5-13-25-23/h1-10,13-14,17,20H,11-12,15-16,18H2,(H,26,27). The van der Waals surface area contributed by atoms with E-state index in [2.05, 4.69) is 79.4 Å². The van der Waals surface area contributed by atoms with Gasteiger partial charge in [0, 0.05) is 41.8 Å². The van der Waals surface area contributed by atoms with Crippen molar-refractivity contribution < 1.29 is 0 Å². The number of aromatic amines is 1. The fraction of sp³-hybridized carbons (Fsp3) is 0.250. The Balaban J connectivity index is 1.26. The van der Waals surface area contributed by atoms with Gasteiger partial charge in [0.25, 0.3) is 0 Å². The Morgan fingerprint density at radius 3 is 2.55 bits per heavy atom. The quantitative estimate of drug-likeness (QED) is 0.546. The molecule has 0 aliphatic carbocycles. The molecule has 146 valence electrons. The molecule has 0 bridgehead atoms. The molecule has 1 N–H and O–H groups in total. The summed E-state index contributed by atoms with van der Waals surface area (Å²) in [6.07, 6.45) is 8.20. The van der Waals surface area contributed by atoms with Crippen LogP contribution in [-0.2, 0) is 6.54 Å². The Labute approximate surface area is 171 Å². The SMILES string of the molecule is c1ccc(-c2cn[nH]c2C2CCN(Cc3cccn3-c3ccccn3)CC2)cc1. The van der Waals surface area contributed by atoms with Crippen molar-refractivity contribution in [2.45, 2.75) is 25.3 Å². The number of benzene rings is 1. The topological polar surface area (TPSA) is 49.7 Å². The number of likely N-dealkylation sites (tertiary alicyclic amines) is 1. The molecule has 29 heavy (non-hydrogen) atoms. The van der Waals surface area contributed by atoms with E-state index in [0.717, 1.165) is 38.3 Å². The van der Waals surface area contributed by atoms with E-state index in [0.29, 0.717) is 5.92 Å². The third-order valence-electron chi connectivity index (χ3n) is 5.86. The molecule has 0 spiro atoms. The highest BCUT2D eigenvalue weighted by Crippen LogP contribution is 2.34. The van der Waals surface area contributed by atoms with Crippen molar-refractivity contribution in [3.05, 3.63) is 90.6 Å². The molecular weight excluding hydrogens is 358 g/mol. The number of nitrogens with one attached hydrogen (secondary N) is 1. The summed E-state index contributed by atoms with van der Waals surface area (Å²) in [5.74, 6) is 1.51.